The molecule has 0 spiro atoms. The van der Waals surface area contributed by atoms with Gasteiger partial charge in [-0.3, -0.25) is 4.79 Å². The molecule has 1 rings (SSSR count). The predicted octanol–water partition coefficient (Wildman–Crippen LogP) is 2.68. The van der Waals surface area contributed by atoms with Crippen molar-refractivity contribution in [3.05, 3.63) is 23.2 Å². The molecule has 5 heteroatoms. The Labute approximate surface area is 106 Å². The van der Waals surface area contributed by atoms with E-state index in [0.29, 0.717) is 16.4 Å². The van der Waals surface area contributed by atoms with E-state index in [0.717, 1.165) is 0 Å². The van der Waals surface area contributed by atoms with Gasteiger partial charge in [0, 0.05) is 5.69 Å². The smallest absolute Gasteiger partial charge is 0.250 e. The summed E-state index contributed by atoms with van der Waals surface area (Å²) in [4.78, 5) is 11.5. The van der Waals surface area contributed by atoms with Crippen molar-refractivity contribution in [2.75, 3.05) is 17.7 Å². The van der Waals surface area contributed by atoms with Gasteiger partial charge in [-0.25, -0.2) is 0 Å². The number of anilines is 2. The van der Waals surface area contributed by atoms with Crippen LogP contribution in [0.5, 0.6) is 0 Å². The average molecular weight is 257 g/mol. The lowest BCUT2D eigenvalue weighted by molar-refractivity contribution is -0.125. The third kappa shape index (κ3) is 5.06. The van der Waals surface area contributed by atoms with E-state index in [4.69, 9.17) is 22.1 Å². The molecule has 0 aromatic heterocycles. The van der Waals surface area contributed by atoms with Crippen LogP contribution in [0.1, 0.15) is 20.8 Å². The number of halogens is 1. The van der Waals surface area contributed by atoms with E-state index in [9.17, 15) is 4.79 Å². The summed E-state index contributed by atoms with van der Waals surface area (Å²) >= 11 is 5.84. The Bertz CT molecular complexity index is 413. The van der Waals surface area contributed by atoms with Gasteiger partial charge in [-0.15, -0.1) is 0 Å². The molecule has 0 saturated heterocycles. The summed E-state index contributed by atoms with van der Waals surface area (Å²) in [5.74, 6) is -0.222. The molecule has 0 saturated carbocycles. The zero-order valence-electron chi connectivity index (χ0n) is 10.2. The Morgan fingerprint density at radius 2 is 2.12 bits per heavy atom. The number of nitrogen functional groups attached to an aromatic ring is 1. The number of amides is 1. The molecule has 0 radical (unpaired) electrons. The molecule has 4 nitrogen and oxygen atoms in total. The highest BCUT2D eigenvalue weighted by molar-refractivity contribution is 6.33. The minimum Gasteiger partial charge on any atom is -0.398 e. The van der Waals surface area contributed by atoms with Crippen LogP contribution in [0.2, 0.25) is 5.02 Å². The molecule has 0 fully saturated rings. The topological polar surface area (TPSA) is 64.3 Å². The fourth-order valence-electron chi connectivity index (χ4n) is 1.08. The summed E-state index contributed by atoms with van der Waals surface area (Å²) in [6, 6.07) is 4.94. The third-order valence-electron chi connectivity index (χ3n) is 1.92. The normalized spacial score (nSPS) is 11.3. The third-order valence-corrected chi connectivity index (χ3v) is 2.25. The second kappa shape index (κ2) is 5.38. The van der Waals surface area contributed by atoms with Crippen LogP contribution in [0, 0.1) is 0 Å². The largest absolute Gasteiger partial charge is 0.398 e. The Hall–Kier alpha value is -1.26. The van der Waals surface area contributed by atoms with Gasteiger partial charge in [0.2, 0.25) is 5.91 Å². The number of benzene rings is 1. The van der Waals surface area contributed by atoms with Crippen LogP contribution in [0.3, 0.4) is 0 Å². The summed E-state index contributed by atoms with van der Waals surface area (Å²) in [6.45, 7) is 5.67. The highest BCUT2D eigenvalue weighted by atomic mass is 35.5. The fourth-order valence-corrected chi connectivity index (χ4v) is 1.26. The highest BCUT2D eigenvalue weighted by Crippen LogP contribution is 2.22. The molecule has 3 N–H and O–H groups in total. The first-order valence-corrected chi connectivity index (χ1v) is 5.64. The lowest BCUT2D eigenvalue weighted by Crippen LogP contribution is -2.27. The summed E-state index contributed by atoms with van der Waals surface area (Å²) in [5, 5.41) is 3.09. The standard InChI is InChI=1S/C12H17ClN2O2/c1-12(2,3)17-7-11(16)15-8-4-5-10(14)9(13)6-8/h4-6H,7,14H2,1-3H3,(H,15,16). The predicted molar refractivity (Wildman–Crippen MR) is 70.2 cm³/mol. The van der Waals surface area contributed by atoms with Gasteiger partial charge < -0.3 is 15.8 Å². The molecule has 0 atom stereocenters. The summed E-state index contributed by atoms with van der Waals surface area (Å²) in [7, 11) is 0. The minimum atomic E-state index is -0.337. The monoisotopic (exact) mass is 256 g/mol. The molecule has 0 bridgehead atoms. The maximum atomic E-state index is 11.5. The minimum absolute atomic E-state index is 0.00545. The van der Waals surface area contributed by atoms with Crippen LogP contribution >= 0.6 is 11.6 Å². The van der Waals surface area contributed by atoms with Crippen molar-refractivity contribution in [2.45, 2.75) is 26.4 Å². The number of hydrogen-bond acceptors (Lipinski definition) is 3. The van der Waals surface area contributed by atoms with Crippen molar-refractivity contribution < 1.29 is 9.53 Å². The Morgan fingerprint density at radius 1 is 1.47 bits per heavy atom. The van der Waals surface area contributed by atoms with Gasteiger partial charge in [-0.2, -0.15) is 0 Å². The van der Waals surface area contributed by atoms with Crippen LogP contribution in [0.4, 0.5) is 11.4 Å². The van der Waals surface area contributed by atoms with E-state index in [1.807, 2.05) is 20.8 Å². The molecule has 1 aromatic rings. The first kappa shape index (κ1) is 13.8. The van der Waals surface area contributed by atoms with E-state index in [2.05, 4.69) is 5.32 Å². The molecule has 0 heterocycles. The van der Waals surface area contributed by atoms with Crippen LogP contribution in [0.15, 0.2) is 18.2 Å². The molecule has 17 heavy (non-hydrogen) atoms. The van der Waals surface area contributed by atoms with Crippen molar-refractivity contribution in [2.24, 2.45) is 0 Å². The van der Waals surface area contributed by atoms with E-state index in [1.165, 1.54) is 0 Å². The van der Waals surface area contributed by atoms with Crippen molar-refractivity contribution in [3.63, 3.8) is 0 Å². The zero-order valence-corrected chi connectivity index (χ0v) is 11.0. The van der Waals surface area contributed by atoms with Crippen LogP contribution < -0.4 is 11.1 Å². The van der Waals surface area contributed by atoms with Gasteiger partial charge >= 0.3 is 0 Å². The number of carbonyl (C=O) groups is 1. The Balaban J connectivity index is 2.54. The first-order chi connectivity index (χ1) is 7.78. The number of nitrogens with two attached hydrogens (primary N) is 1. The van der Waals surface area contributed by atoms with Gasteiger partial charge in [0.15, 0.2) is 0 Å². The van der Waals surface area contributed by atoms with Crippen molar-refractivity contribution >= 4 is 28.9 Å². The maximum Gasteiger partial charge on any atom is 0.250 e. The number of carbonyl (C=O) groups excluding carboxylic acids is 1. The van der Waals surface area contributed by atoms with Gasteiger partial charge in [0.25, 0.3) is 0 Å². The van der Waals surface area contributed by atoms with Crippen LogP contribution in [-0.4, -0.2) is 18.1 Å². The summed E-state index contributed by atoms with van der Waals surface area (Å²) in [5.41, 5.74) is 6.31. The van der Waals surface area contributed by atoms with Crippen molar-refractivity contribution in [1.82, 2.24) is 0 Å². The summed E-state index contributed by atoms with van der Waals surface area (Å²) < 4.78 is 5.35. The zero-order chi connectivity index (χ0) is 13.1. The Morgan fingerprint density at radius 3 is 2.65 bits per heavy atom. The van der Waals surface area contributed by atoms with E-state index < -0.39 is 0 Å². The number of ether oxygens (including phenoxy) is 1. The van der Waals surface area contributed by atoms with E-state index >= 15 is 0 Å². The average Bonchev–Trinajstić information content (AvgIpc) is 2.20. The maximum absolute atomic E-state index is 11.5. The van der Waals surface area contributed by atoms with Gasteiger partial charge in [0.05, 0.1) is 16.3 Å². The molecule has 0 aliphatic carbocycles. The van der Waals surface area contributed by atoms with Gasteiger partial charge in [0.1, 0.15) is 6.61 Å². The lowest BCUT2D eigenvalue weighted by Gasteiger charge is -2.19. The van der Waals surface area contributed by atoms with Crippen LogP contribution in [-0.2, 0) is 9.53 Å². The number of hydrogen-bond donors (Lipinski definition) is 2. The van der Waals surface area contributed by atoms with Gasteiger partial charge in [-0.1, -0.05) is 11.6 Å². The molecule has 1 aromatic carbocycles. The van der Waals surface area contributed by atoms with Crippen molar-refractivity contribution in [3.8, 4) is 0 Å². The Kier molecular flexibility index (Phi) is 4.37. The fraction of sp³-hybridized carbons (Fsp3) is 0.417. The lowest BCUT2D eigenvalue weighted by atomic mass is 10.2. The highest BCUT2D eigenvalue weighted by Gasteiger charge is 2.13. The quantitative estimate of drug-likeness (QED) is 0.818. The molecule has 1 amide bonds. The molecule has 94 valence electrons. The van der Waals surface area contributed by atoms with E-state index in [-0.39, 0.29) is 18.1 Å². The molecular formula is C12H17ClN2O2. The molecule has 0 unspecified atom stereocenters. The number of nitrogens with one attached hydrogen (secondary N) is 1. The van der Waals surface area contributed by atoms with E-state index in [1.54, 1.807) is 18.2 Å². The molecule has 0 aliphatic heterocycles. The van der Waals surface area contributed by atoms with Crippen LogP contribution in [0.25, 0.3) is 0 Å². The van der Waals surface area contributed by atoms with Gasteiger partial charge in [-0.05, 0) is 39.0 Å². The van der Waals surface area contributed by atoms with Crippen molar-refractivity contribution in [1.29, 1.82) is 0 Å². The summed E-state index contributed by atoms with van der Waals surface area (Å²) in [6.07, 6.45) is 0. The first-order valence-electron chi connectivity index (χ1n) is 5.27. The number of rotatable bonds is 3. The molecular weight excluding hydrogens is 240 g/mol. The second-order valence-corrected chi connectivity index (χ2v) is 5.09. The second-order valence-electron chi connectivity index (χ2n) is 4.69. The SMILES string of the molecule is CC(C)(C)OCC(=O)Nc1ccc(N)c(Cl)c1. The molecule has 0 aliphatic rings.